The maximum atomic E-state index is 12.2. The highest BCUT2D eigenvalue weighted by Crippen LogP contribution is 2.26. The number of amides is 1. The molecular formula is C17H25NO4. The second-order valence-corrected chi connectivity index (χ2v) is 6.06. The van der Waals surface area contributed by atoms with Crippen molar-refractivity contribution in [1.82, 2.24) is 5.32 Å². The molecule has 0 saturated carbocycles. The van der Waals surface area contributed by atoms with Gasteiger partial charge in [0.2, 0.25) is 0 Å². The lowest BCUT2D eigenvalue weighted by Crippen LogP contribution is -2.53. The number of benzene rings is 1. The van der Waals surface area contributed by atoms with E-state index in [1.807, 2.05) is 24.3 Å². The van der Waals surface area contributed by atoms with Crippen molar-refractivity contribution in [3.05, 3.63) is 29.8 Å². The lowest BCUT2D eigenvalue weighted by atomic mass is 10.0. The first-order valence-corrected chi connectivity index (χ1v) is 7.35. The minimum Gasteiger partial charge on any atom is -0.481 e. The van der Waals surface area contributed by atoms with E-state index in [1.165, 1.54) is 7.11 Å². The van der Waals surface area contributed by atoms with Crippen LogP contribution in [0.25, 0.3) is 0 Å². The van der Waals surface area contributed by atoms with Crippen molar-refractivity contribution in [3.8, 4) is 5.75 Å². The number of para-hydroxylation sites is 1. The number of hydrogen-bond donors (Lipinski definition) is 1. The van der Waals surface area contributed by atoms with Crippen LogP contribution < -0.4 is 10.1 Å². The molecule has 0 bridgehead atoms. The predicted octanol–water partition coefficient (Wildman–Crippen LogP) is 2.65. The summed E-state index contributed by atoms with van der Waals surface area (Å²) in [7, 11) is 1.29. The Bertz CT molecular complexity index is 537. The van der Waals surface area contributed by atoms with Crippen molar-refractivity contribution >= 4 is 11.9 Å². The molecule has 0 spiro atoms. The molecule has 0 aliphatic rings. The van der Waals surface area contributed by atoms with Gasteiger partial charge in [0.25, 0.3) is 5.91 Å². The average molecular weight is 307 g/mol. The molecule has 1 unspecified atom stereocenters. The summed E-state index contributed by atoms with van der Waals surface area (Å²) in [6.07, 6.45) is -0.719. The van der Waals surface area contributed by atoms with Gasteiger partial charge in [0.05, 0.1) is 7.11 Å². The van der Waals surface area contributed by atoms with Gasteiger partial charge in [-0.1, -0.05) is 32.0 Å². The molecule has 0 fully saturated rings. The molecule has 0 aromatic heterocycles. The summed E-state index contributed by atoms with van der Waals surface area (Å²) >= 11 is 0. The first-order chi connectivity index (χ1) is 10.2. The van der Waals surface area contributed by atoms with E-state index in [9.17, 15) is 9.59 Å². The summed E-state index contributed by atoms with van der Waals surface area (Å²) in [5.41, 5.74) is -0.0597. The van der Waals surface area contributed by atoms with Crippen LogP contribution in [0, 0.1) is 0 Å². The Hall–Kier alpha value is -2.04. The maximum Gasteiger partial charge on any atom is 0.330 e. The Morgan fingerprint density at radius 1 is 1.14 bits per heavy atom. The smallest absolute Gasteiger partial charge is 0.330 e. The first kappa shape index (κ1) is 18.0. The molecule has 122 valence electrons. The monoisotopic (exact) mass is 307 g/mol. The fourth-order valence-electron chi connectivity index (χ4n) is 2.02. The summed E-state index contributed by atoms with van der Waals surface area (Å²) in [5, 5.41) is 2.64. The van der Waals surface area contributed by atoms with Crippen molar-refractivity contribution in [3.63, 3.8) is 0 Å². The standard InChI is InChI=1S/C17H25NO4/c1-11(2)13-9-7-8-10-14(13)22-12(3)15(19)18-17(4,5)16(20)21-6/h7-12H,1-6H3,(H,18,19). The Morgan fingerprint density at radius 2 is 1.73 bits per heavy atom. The van der Waals surface area contributed by atoms with Gasteiger partial charge in [-0.15, -0.1) is 0 Å². The summed E-state index contributed by atoms with van der Waals surface area (Å²) in [6.45, 7) is 8.96. The minimum absolute atomic E-state index is 0.290. The van der Waals surface area contributed by atoms with E-state index in [0.717, 1.165) is 5.56 Å². The van der Waals surface area contributed by atoms with Crippen molar-refractivity contribution < 1.29 is 19.1 Å². The van der Waals surface area contributed by atoms with Crippen molar-refractivity contribution in [2.24, 2.45) is 0 Å². The van der Waals surface area contributed by atoms with Crippen molar-refractivity contribution in [2.75, 3.05) is 7.11 Å². The highest BCUT2D eigenvalue weighted by molar-refractivity contribution is 5.89. The molecule has 0 heterocycles. The van der Waals surface area contributed by atoms with Gasteiger partial charge in [-0.3, -0.25) is 4.79 Å². The molecule has 0 saturated heterocycles. The zero-order valence-corrected chi connectivity index (χ0v) is 14.1. The Morgan fingerprint density at radius 3 is 2.27 bits per heavy atom. The lowest BCUT2D eigenvalue weighted by Gasteiger charge is -2.26. The average Bonchev–Trinajstić information content (AvgIpc) is 2.46. The quantitative estimate of drug-likeness (QED) is 0.821. The molecule has 1 rings (SSSR count). The van der Waals surface area contributed by atoms with Crippen LogP contribution >= 0.6 is 0 Å². The lowest BCUT2D eigenvalue weighted by molar-refractivity contribution is -0.150. The van der Waals surface area contributed by atoms with Crippen LogP contribution in [0.15, 0.2) is 24.3 Å². The SMILES string of the molecule is COC(=O)C(C)(C)NC(=O)C(C)Oc1ccccc1C(C)C. The number of ether oxygens (including phenoxy) is 2. The molecule has 1 N–H and O–H groups in total. The van der Waals surface area contributed by atoms with E-state index in [2.05, 4.69) is 23.9 Å². The number of rotatable bonds is 6. The summed E-state index contributed by atoms with van der Waals surface area (Å²) in [4.78, 5) is 23.8. The molecule has 1 atom stereocenters. The van der Waals surface area contributed by atoms with Gasteiger partial charge in [0.1, 0.15) is 11.3 Å². The zero-order valence-electron chi connectivity index (χ0n) is 14.1. The third kappa shape index (κ3) is 4.48. The van der Waals surface area contributed by atoms with Crippen LogP contribution in [0.4, 0.5) is 0 Å². The molecule has 0 radical (unpaired) electrons. The number of nitrogens with one attached hydrogen (secondary N) is 1. The number of methoxy groups -OCH3 is 1. The molecule has 5 nitrogen and oxygen atoms in total. The first-order valence-electron chi connectivity index (χ1n) is 7.35. The number of carbonyl (C=O) groups is 2. The highest BCUT2D eigenvalue weighted by Gasteiger charge is 2.32. The van der Waals surface area contributed by atoms with Gasteiger partial charge in [-0.25, -0.2) is 4.79 Å². The number of esters is 1. The largest absolute Gasteiger partial charge is 0.481 e. The third-order valence-electron chi connectivity index (χ3n) is 3.35. The maximum absolute atomic E-state index is 12.2. The molecule has 0 aliphatic heterocycles. The van der Waals surface area contributed by atoms with Gasteiger partial charge in [-0.2, -0.15) is 0 Å². The zero-order chi connectivity index (χ0) is 16.9. The Balaban J connectivity index is 2.79. The topological polar surface area (TPSA) is 64.6 Å². The van der Waals surface area contributed by atoms with E-state index < -0.39 is 17.6 Å². The van der Waals surface area contributed by atoms with E-state index in [0.29, 0.717) is 5.75 Å². The van der Waals surface area contributed by atoms with Crippen LogP contribution in [0.3, 0.4) is 0 Å². The van der Waals surface area contributed by atoms with Crippen LogP contribution in [0.1, 0.15) is 46.1 Å². The fraction of sp³-hybridized carbons (Fsp3) is 0.529. The summed E-state index contributed by atoms with van der Waals surface area (Å²) < 4.78 is 10.4. The molecule has 1 aromatic rings. The van der Waals surface area contributed by atoms with Crippen LogP contribution in [-0.4, -0.2) is 30.6 Å². The molecule has 22 heavy (non-hydrogen) atoms. The molecule has 1 aromatic carbocycles. The van der Waals surface area contributed by atoms with E-state index >= 15 is 0 Å². The predicted molar refractivity (Wildman–Crippen MR) is 84.9 cm³/mol. The van der Waals surface area contributed by atoms with Crippen molar-refractivity contribution in [1.29, 1.82) is 0 Å². The normalized spacial score (nSPS) is 12.7. The summed E-state index contributed by atoms with van der Waals surface area (Å²) in [6, 6.07) is 7.62. The Kier molecular flexibility index (Phi) is 5.97. The van der Waals surface area contributed by atoms with E-state index in [-0.39, 0.29) is 11.8 Å². The number of carbonyl (C=O) groups excluding carboxylic acids is 2. The van der Waals surface area contributed by atoms with E-state index in [4.69, 9.17) is 4.74 Å². The van der Waals surface area contributed by atoms with Gasteiger partial charge < -0.3 is 14.8 Å². The van der Waals surface area contributed by atoms with E-state index in [1.54, 1.807) is 20.8 Å². The molecular weight excluding hydrogens is 282 g/mol. The van der Waals surface area contributed by atoms with Crippen LogP contribution in [0.2, 0.25) is 0 Å². The van der Waals surface area contributed by atoms with Gasteiger partial charge >= 0.3 is 5.97 Å². The second kappa shape index (κ2) is 7.29. The van der Waals surface area contributed by atoms with Crippen LogP contribution in [-0.2, 0) is 14.3 Å². The molecule has 0 aliphatic carbocycles. The third-order valence-corrected chi connectivity index (χ3v) is 3.35. The van der Waals surface area contributed by atoms with Crippen LogP contribution in [0.5, 0.6) is 5.75 Å². The molecule has 5 heteroatoms. The fourth-order valence-corrected chi connectivity index (χ4v) is 2.02. The van der Waals surface area contributed by atoms with Gasteiger partial charge in [-0.05, 0) is 38.3 Å². The van der Waals surface area contributed by atoms with Crippen molar-refractivity contribution in [2.45, 2.75) is 52.2 Å². The van der Waals surface area contributed by atoms with Gasteiger partial charge in [0.15, 0.2) is 6.10 Å². The minimum atomic E-state index is -1.10. The highest BCUT2D eigenvalue weighted by atomic mass is 16.5. The molecule has 1 amide bonds. The number of hydrogen-bond acceptors (Lipinski definition) is 4. The summed E-state index contributed by atoms with van der Waals surface area (Å²) in [5.74, 6) is 0.0959. The Labute approximate surface area is 132 Å². The second-order valence-electron chi connectivity index (χ2n) is 6.06. The van der Waals surface area contributed by atoms with Gasteiger partial charge in [0, 0.05) is 0 Å².